The summed E-state index contributed by atoms with van der Waals surface area (Å²) in [4.78, 5) is 11.7. The standard InChI is InChI=1S/C9H12N4O/c1-6-8(9(14)13(3)11-6)7-4-10-12(2)5-7/h4-5,11H,1-3H3. The second-order valence-corrected chi connectivity index (χ2v) is 3.38. The van der Waals surface area contributed by atoms with Crippen molar-refractivity contribution in [3.05, 3.63) is 28.4 Å². The van der Waals surface area contributed by atoms with Gasteiger partial charge in [-0.1, -0.05) is 0 Å². The van der Waals surface area contributed by atoms with Crippen molar-refractivity contribution in [2.75, 3.05) is 0 Å². The molecule has 0 aliphatic heterocycles. The molecular formula is C9H12N4O. The van der Waals surface area contributed by atoms with Crippen LogP contribution in [0.3, 0.4) is 0 Å². The summed E-state index contributed by atoms with van der Waals surface area (Å²) in [5.41, 5.74) is 2.40. The predicted molar refractivity (Wildman–Crippen MR) is 53.0 cm³/mol. The van der Waals surface area contributed by atoms with E-state index in [1.807, 2.05) is 20.2 Å². The summed E-state index contributed by atoms with van der Waals surface area (Å²) < 4.78 is 3.15. The van der Waals surface area contributed by atoms with Crippen molar-refractivity contribution < 1.29 is 0 Å². The van der Waals surface area contributed by atoms with Crippen molar-refractivity contribution in [2.24, 2.45) is 14.1 Å². The summed E-state index contributed by atoms with van der Waals surface area (Å²) >= 11 is 0. The van der Waals surface area contributed by atoms with Crippen LogP contribution in [0.1, 0.15) is 5.69 Å². The molecule has 0 saturated carbocycles. The number of rotatable bonds is 1. The van der Waals surface area contributed by atoms with Gasteiger partial charge in [0.2, 0.25) is 0 Å². The Morgan fingerprint density at radius 3 is 2.57 bits per heavy atom. The van der Waals surface area contributed by atoms with E-state index in [0.717, 1.165) is 11.3 Å². The van der Waals surface area contributed by atoms with Gasteiger partial charge < -0.3 is 0 Å². The van der Waals surface area contributed by atoms with Gasteiger partial charge in [0.1, 0.15) is 0 Å². The fourth-order valence-corrected chi connectivity index (χ4v) is 1.58. The summed E-state index contributed by atoms with van der Waals surface area (Å²) in [6.07, 6.45) is 3.52. The van der Waals surface area contributed by atoms with E-state index < -0.39 is 0 Å². The van der Waals surface area contributed by atoms with E-state index >= 15 is 0 Å². The van der Waals surface area contributed by atoms with Gasteiger partial charge in [-0.3, -0.25) is 19.3 Å². The first-order chi connectivity index (χ1) is 6.59. The molecule has 2 rings (SSSR count). The summed E-state index contributed by atoms with van der Waals surface area (Å²) in [5.74, 6) is 0. The first-order valence-electron chi connectivity index (χ1n) is 4.34. The Labute approximate surface area is 81.0 Å². The Kier molecular flexibility index (Phi) is 1.80. The van der Waals surface area contributed by atoms with Crippen LogP contribution in [0.4, 0.5) is 0 Å². The molecule has 14 heavy (non-hydrogen) atoms. The molecule has 0 saturated heterocycles. The Balaban J connectivity index is 2.67. The highest BCUT2D eigenvalue weighted by atomic mass is 16.1. The highest BCUT2D eigenvalue weighted by Crippen LogP contribution is 2.16. The fourth-order valence-electron chi connectivity index (χ4n) is 1.58. The number of nitrogens with zero attached hydrogens (tertiary/aromatic N) is 3. The van der Waals surface area contributed by atoms with E-state index in [-0.39, 0.29) is 5.56 Å². The van der Waals surface area contributed by atoms with Crippen LogP contribution < -0.4 is 5.56 Å². The Hall–Kier alpha value is -1.78. The molecule has 0 spiro atoms. The molecule has 74 valence electrons. The number of H-pyrrole nitrogens is 1. The molecule has 0 atom stereocenters. The number of aryl methyl sites for hydroxylation is 3. The third kappa shape index (κ3) is 1.17. The minimum Gasteiger partial charge on any atom is -0.300 e. The quantitative estimate of drug-likeness (QED) is 0.712. The molecule has 0 fully saturated rings. The number of nitrogens with one attached hydrogen (secondary N) is 1. The first-order valence-corrected chi connectivity index (χ1v) is 4.34. The topological polar surface area (TPSA) is 55.6 Å². The average Bonchev–Trinajstić information content (AvgIpc) is 2.60. The molecule has 1 N–H and O–H groups in total. The molecule has 5 nitrogen and oxygen atoms in total. The lowest BCUT2D eigenvalue weighted by atomic mass is 10.1. The zero-order valence-electron chi connectivity index (χ0n) is 8.40. The van der Waals surface area contributed by atoms with Crippen LogP contribution in [0.5, 0.6) is 0 Å². The van der Waals surface area contributed by atoms with Crippen molar-refractivity contribution in [1.29, 1.82) is 0 Å². The van der Waals surface area contributed by atoms with Gasteiger partial charge >= 0.3 is 0 Å². The number of hydrogen-bond donors (Lipinski definition) is 1. The van der Waals surface area contributed by atoms with Gasteiger partial charge in [-0.05, 0) is 6.92 Å². The van der Waals surface area contributed by atoms with Crippen LogP contribution in [0.25, 0.3) is 11.1 Å². The third-order valence-corrected chi connectivity index (χ3v) is 2.22. The lowest BCUT2D eigenvalue weighted by Gasteiger charge is -1.89. The SMILES string of the molecule is Cc1[nH]n(C)c(=O)c1-c1cnn(C)c1. The van der Waals surface area contributed by atoms with Crippen LogP contribution in [0.15, 0.2) is 17.2 Å². The summed E-state index contributed by atoms with van der Waals surface area (Å²) in [6, 6.07) is 0. The summed E-state index contributed by atoms with van der Waals surface area (Å²) in [7, 11) is 3.53. The number of aromatic nitrogens is 4. The molecule has 0 aromatic carbocycles. The maximum absolute atomic E-state index is 11.7. The minimum absolute atomic E-state index is 0.0181. The fraction of sp³-hybridized carbons (Fsp3) is 0.333. The first kappa shape index (κ1) is 8.80. The Morgan fingerprint density at radius 2 is 2.14 bits per heavy atom. The molecule has 0 amide bonds. The van der Waals surface area contributed by atoms with Crippen LogP contribution in [-0.2, 0) is 14.1 Å². The molecule has 0 bridgehead atoms. The van der Waals surface area contributed by atoms with Gasteiger partial charge in [0.25, 0.3) is 5.56 Å². The van der Waals surface area contributed by atoms with Crippen LogP contribution in [-0.4, -0.2) is 19.6 Å². The second-order valence-electron chi connectivity index (χ2n) is 3.38. The van der Waals surface area contributed by atoms with Crippen LogP contribution in [0.2, 0.25) is 0 Å². The largest absolute Gasteiger partial charge is 0.300 e. The van der Waals surface area contributed by atoms with E-state index in [9.17, 15) is 4.79 Å². The van der Waals surface area contributed by atoms with Crippen molar-refractivity contribution in [3.63, 3.8) is 0 Å². The summed E-state index contributed by atoms with van der Waals surface area (Å²) in [5, 5.41) is 6.99. The molecule has 5 heteroatoms. The lowest BCUT2D eigenvalue weighted by molar-refractivity contribution is 0.731. The Bertz CT molecular complexity index is 517. The zero-order chi connectivity index (χ0) is 10.3. The monoisotopic (exact) mass is 192 g/mol. The lowest BCUT2D eigenvalue weighted by Crippen LogP contribution is -2.12. The summed E-state index contributed by atoms with van der Waals surface area (Å²) in [6.45, 7) is 1.88. The van der Waals surface area contributed by atoms with Gasteiger partial charge in [-0.15, -0.1) is 0 Å². The molecular weight excluding hydrogens is 180 g/mol. The highest BCUT2D eigenvalue weighted by molar-refractivity contribution is 5.63. The smallest absolute Gasteiger partial charge is 0.274 e. The van der Waals surface area contributed by atoms with E-state index in [1.54, 1.807) is 17.9 Å². The number of aromatic amines is 1. The van der Waals surface area contributed by atoms with Crippen molar-refractivity contribution in [2.45, 2.75) is 6.92 Å². The van der Waals surface area contributed by atoms with E-state index in [0.29, 0.717) is 5.56 Å². The predicted octanol–water partition coefficient (Wildman–Crippen LogP) is 0.422. The van der Waals surface area contributed by atoms with Gasteiger partial charge in [0.15, 0.2) is 0 Å². The Morgan fingerprint density at radius 1 is 1.43 bits per heavy atom. The highest BCUT2D eigenvalue weighted by Gasteiger charge is 2.12. The normalized spacial score (nSPS) is 10.8. The number of hydrogen-bond acceptors (Lipinski definition) is 2. The maximum atomic E-state index is 11.7. The van der Waals surface area contributed by atoms with Crippen molar-refractivity contribution in [3.8, 4) is 11.1 Å². The second kappa shape index (κ2) is 2.87. The molecule has 2 aromatic rings. The van der Waals surface area contributed by atoms with Crippen molar-refractivity contribution in [1.82, 2.24) is 19.6 Å². The van der Waals surface area contributed by atoms with E-state index in [2.05, 4.69) is 10.2 Å². The molecule has 2 aromatic heterocycles. The molecule has 0 aliphatic rings. The maximum Gasteiger partial charge on any atom is 0.274 e. The molecule has 2 heterocycles. The van der Waals surface area contributed by atoms with Crippen molar-refractivity contribution >= 4 is 0 Å². The average molecular weight is 192 g/mol. The minimum atomic E-state index is -0.0181. The molecule has 0 radical (unpaired) electrons. The van der Waals surface area contributed by atoms with E-state index in [1.165, 1.54) is 4.68 Å². The van der Waals surface area contributed by atoms with Gasteiger partial charge in [-0.25, -0.2) is 0 Å². The third-order valence-electron chi connectivity index (χ3n) is 2.22. The van der Waals surface area contributed by atoms with Gasteiger partial charge in [0, 0.05) is 31.5 Å². The van der Waals surface area contributed by atoms with Crippen LogP contribution >= 0.6 is 0 Å². The van der Waals surface area contributed by atoms with Crippen LogP contribution in [0, 0.1) is 6.92 Å². The van der Waals surface area contributed by atoms with E-state index in [4.69, 9.17) is 0 Å². The van der Waals surface area contributed by atoms with Gasteiger partial charge in [0.05, 0.1) is 11.8 Å². The van der Waals surface area contributed by atoms with Gasteiger partial charge in [-0.2, -0.15) is 5.10 Å². The molecule has 0 aliphatic carbocycles. The molecule has 0 unspecified atom stereocenters. The zero-order valence-corrected chi connectivity index (χ0v) is 8.40.